The molecule has 18 heavy (non-hydrogen) atoms. The monoisotopic (exact) mass is 250 g/mol. The van der Waals surface area contributed by atoms with Crippen molar-refractivity contribution in [1.29, 1.82) is 0 Å². The number of hydrogen-bond donors (Lipinski definition) is 1. The smallest absolute Gasteiger partial charge is 0.342 e. The number of nitrogens with zero attached hydrogens (tertiary/aromatic N) is 5. The molecule has 0 amide bonds. The van der Waals surface area contributed by atoms with E-state index in [1.54, 1.807) is 38.3 Å². The largest absolute Gasteiger partial charge is 0.404 e. The van der Waals surface area contributed by atoms with Gasteiger partial charge in [0.15, 0.2) is 5.82 Å². The minimum absolute atomic E-state index is 0.238. The van der Waals surface area contributed by atoms with Gasteiger partial charge in [-0.3, -0.25) is 4.68 Å². The van der Waals surface area contributed by atoms with Gasteiger partial charge in [0.2, 0.25) is 5.88 Å². The predicted octanol–water partition coefficient (Wildman–Crippen LogP) is 0.585. The van der Waals surface area contributed by atoms with Crippen molar-refractivity contribution in [2.45, 2.75) is 6.61 Å². The number of ether oxygens (including phenoxy) is 2. The third-order valence-electron chi connectivity index (χ3n) is 2.05. The summed E-state index contributed by atoms with van der Waals surface area (Å²) < 4.78 is 12.0. The number of anilines is 1. The molecule has 1 N–H and O–H groups in total. The SMILES string of the molecule is CNc1cc(Oc2ncn(C)n2)nc(COC)n1. The highest BCUT2D eigenvalue weighted by Crippen LogP contribution is 2.18. The number of methoxy groups -OCH3 is 1. The summed E-state index contributed by atoms with van der Waals surface area (Å²) in [6.45, 7) is 0.307. The van der Waals surface area contributed by atoms with Gasteiger partial charge in [0.1, 0.15) is 18.8 Å². The molecule has 2 heterocycles. The van der Waals surface area contributed by atoms with Crippen molar-refractivity contribution in [2.75, 3.05) is 19.5 Å². The van der Waals surface area contributed by atoms with Gasteiger partial charge in [-0.2, -0.15) is 9.97 Å². The van der Waals surface area contributed by atoms with Crippen LogP contribution in [0.15, 0.2) is 12.4 Å². The molecule has 0 spiro atoms. The van der Waals surface area contributed by atoms with E-state index < -0.39 is 0 Å². The van der Waals surface area contributed by atoms with Gasteiger partial charge in [-0.25, -0.2) is 4.98 Å². The van der Waals surface area contributed by atoms with Crippen LogP contribution in [-0.2, 0) is 18.4 Å². The van der Waals surface area contributed by atoms with Crippen molar-refractivity contribution in [2.24, 2.45) is 7.05 Å². The lowest BCUT2D eigenvalue weighted by atomic mass is 10.5. The van der Waals surface area contributed by atoms with Crippen LogP contribution in [0, 0.1) is 0 Å². The van der Waals surface area contributed by atoms with Crippen LogP contribution in [0.3, 0.4) is 0 Å². The van der Waals surface area contributed by atoms with Gasteiger partial charge >= 0.3 is 6.01 Å². The van der Waals surface area contributed by atoms with Crippen LogP contribution >= 0.6 is 0 Å². The van der Waals surface area contributed by atoms with Crippen LogP contribution in [0.1, 0.15) is 5.82 Å². The van der Waals surface area contributed by atoms with E-state index in [4.69, 9.17) is 9.47 Å². The second-order valence-electron chi connectivity index (χ2n) is 3.49. The molecule has 0 aromatic carbocycles. The third kappa shape index (κ3) is 2.92. The molecule has 2 aromatic heterocycles. The lowest BCUT2D eigenvalue weighted by Gasteiger charge is -2.06. The van der Waals surface area contributed by atoms with Crippen molar-refractivity contribution in [1.82, 2.24) is 24.7 Å². The van der Waals surface area contributed by atoms with E-state index in [0.717, 1.165) is 0 Å². The normalized spacial score (nSPS) is 10.4. The van der Waals surface area contributed by atoms with Gasteiger partial charge in [-0.05, 0) is 0 Å². The molecule has 0 radical (unpaired) electrons. The number of hydrogen-bond acceptors (Lipinski definition) is 7. The van der Waals surface area contributed by atoms with E-state index in [2.05, 4.69) is 25.4 Å². The Bertz CT molecular complexity index is 527. The molecule has 8 heteroatoms. The summed E-state index contributed by atoms with van der Waals surface area (Å²) in [7, 11) is 5.10. The second-order valence-corrected chi connectivity index (χ2v) is 3.49. The average Bonchev–Trinajstić information content (AvgIpc) is 2.75. The third-order valence-corrected chi connectivity index (χ3v) is 2.05. The molecule has 0 saturated heterocycles. The maximum Gasteiger partial charge on any atom is 0.342 e. The summed E-state index contributed by atoms with van der Waals surface area (Å²) in [6.07, 6.45) is 1.55. The van der Waals surface area contributed by atoms with Crippen LogP contribution in [0.25, 0.3) is 0 Å². The van der Waals surface area contributed by atoms with Gasteiger partial charge in [-0.15, -0.1) is 5.10 Å². The molecule has 0 unspecified atom stereocenters. The Hall–Kier alpha value is -2.22. The number of aromatic nitrogens is 5. The molecule has 0 saturated carbocycles. The molecular weight excluding hydrogens is 236 g/mol. The average molecular weight is 250 g/mol. The van der Waals surface area contributed by atoms with Crippen molar-refractivity contribution in [3.63, 3.8) is 0 Å². The maximum atomic E-state index is 5.44. The molecular formula is C10H14N6O2. The topological polar surface area (TPSA) is 87.0 Å². The highest BCUT2D eigenvalue weighted by atomic mass is 16.5. The first-order valence-electron chi connectivity index (χ1n) is 5.29. The first-order valence-corrected chi connectivity index (χ1v) is 5.29. The standard InChI is InChI=1S/C10H14N6O2/c1-11-7-4-9(14-8(13-7)5-17-3)18-10-12-6-16(2)15-10/h4,6H,5H2,1-3H3,(H,11,13,14). The maximum absolute atomic E-state index is 5.44. The molecule has 96 valence electrons. The van der Waals surface area contributed by atoms with Crippen molar-refractivity contribution in [3.05, 3.63) is 18.2 Å². The molecule has 0 aliphatic rings. The highest BCUT2D eigenvalue weighted by Gasteiger charge is 2.08. The van der Waals surface area contributed by atoms with E-state index in [0.29, 0.717) is 24.1 Å². The summed E-state index contributed by atoms with van der Waals surface area (Å²) in [4.78, 5) is 12.4. The minimum atomic E-state index is 0.238. The zero-order valence-corrected chi connectivity index (χ0v) is 10.4. The Labute approximate surface area is 104 Å². The fourth-order valence-electron chi connectivity index (χ4n) is 1.31. The Kier molecular flexibility index (Phi) is 3.68. The van der Waals surface area contributed by atoms with Crippen LogP contribution in [-0.4, -0.2) is 38.9 Å². The van der Waals surface area contributed by atoms with Crippen LogP contribution < -0.4 is 10.1 Å². The minimum Gasteiger partial charge on any atom is -0.404 e. The quantitative estimate of drug-likeness (QED) is 0.830. The molecule has 0 fully saturated rings. The van der Waals surface area contributed by atoms with E-state index in [1.165, 1.54) is 0 Å². The van der Waals surface area contributed by atoms with Crippen LogP contribution in [0.5, 0.6) is 11.9 Å². The Morgan fingerprint density at radius 1 is 1.39 bits per heavy atom. The molecule has 0 bridgehead atoms. The summed E-state index contributed by atoms with van der Waals surface area (Å²) in [5.74, 6) is 1.53. The number of aryl methyl sites for hydroxylation is 1. The van der Waals surface area contributed by atoms with E-state index >= 15 is 0 Å². The number of rotatable bonds is 5. The zero-order valence-electron chi connectivity index (χ0n) is 10.4. The summed E-state index contributed by atoms with van der Waals surface area (Å²) in [5, 5.41) is 6.93. The molecule has 0 atom stereocenters. The Morgan fingerprint density at radius 2 is 2.22 bits per heavy atom. The van der Waals surface area contributed by atoms with E-state index in [1.807, 2.05) is 0 Å². The fourth-order valence-corrected chi connectivity index (χ4v) is 1.31. The Balaban J connectivity index is 2.23. The summed E-state index contributed by atoms with van der Waals surface area (Å²) in [6, 6.07) is 1.90. The highest BCUT2D eigenvalue weighted by molar-refractivity contribution is 5.38. The molecule has 2 rings (SSSR count). The second kappa shape index (κ2) is 5.41. The van der Waals surface area contributed by atoms with Crippen LogP contribution in [0.2, 0.25) is 0 Å². The molecule has 0 aliphatic heterocycles. The van der Waals surface area contributed by atoms with E-state index in [-0.39, 0.29) is 6.01 Å². The number of nitrogens with one attached hydrogen (secondary N) is 1. The molecule has 0 aliphatic carbocycles. The van der Waals surface area contributed by atoms with Crippen molar-refractivity contribution in [3.8, 4) is 11.9 Å². The van der Waals surface area contributed by atoms with Gasteiger partial charge in [0, 0.05) is 27.3 Å². The van der Waals surface area contributed by atoms with Crippen molar-refractivity contribution < 1.29 is 9.47 Å². The van der Waals surface area contributed by atoms with E-state index in [9.17, 15) is 0 Å². The van der Waals surface area contributed by atoms with Gasteiger partial charge < -0.3 is 14.8 Å². The first-order chi connectivity index (χ1) is 8.71. The lowest BCUT2D eigenvalue weighted by Crippen LogP contribution is -2.03. The lowest BCUT2D eigenvalue weighted by molar-refractivity contribution is 0.177. The summed E-state index contributed by atoms with van der Waals surface area (Å²) >= 11 is 0. The zero-order chi connectivity index (χ0) is 13.0. The Morgan fingerprint density at radius 3 is 2.83 bits per heavy atom. The van der Waals surface area contributed by atoms with Gasteiger partial charge in [0.25, 0.3) is 0 Å². The fraction of sp³-hybridized carbons (Fsp3) is 0.400. The van der Waals surface area contributed by atoms with Gasteiger partial charge in [0.05, 0.1) is 0 Å². The molecule has 8 nitrogen and oxygen atoms in total. The van der Waals surface area contributed by atoms with Crippen molar-refractivity contribution >= 4 is 5.82 Å². The molecule has 2 aromatic rings. The predicted molar refractivity (Wildman–Crippen MR) is 63.4 cm³/mol. The summed E-state index contributed by atoms with van der Waals surface area (Å²) in [5.41, 5.74) is 0. The van der Waals surface area contributed by atoms with Crippen LogP contribution in [0.4, 0.5) is 5.82 Å². The first kappa shape index (κ1) is 12.2. The van der Waals surface area contributed by atoms with Gasteiger partial charge in [-0.1, -0.05) is 0 Å².